The molecule has 0 fully saturated rings. The maximum absolute atomic E-state index is 12.4. The SMILES string of the molecule is CC(C)CC(N)C(=O)C(F)(F)C=O. The Kier molecular flexibility index (Phi) is 4.13. The summed E-state index contributed by atoms with van der Waals surface area (Å²) in [4.78, 5) is 20.7. The van der Waals surface area contributed by atoms with Crippen molar-refractivity contribution < 1.29 is 18.4 Å². The molecule has 1 atom stereocenters. The van der Waals surface area contributed by atoms with Crippen molar-refractivity contribution >= 4 is 12.1 Å². The number of hydrogen-bond acceptors (Lipinski definition) is 3. The Bertz CT molecular complexity index is 204. The van der Waals surface area contributed by atoms with Crippen LogP contribution in [-0.4, -0.2) is 24.0 Å². The van der Waals surface area contributed by atoms with E-state index in [0.717, 1.165) is 0 Å². The van der Waals surface area contributed by atoms with E-state index in [1.54, 1.807) is 13.8 Å². The second-order valence-electron chi connectivity index (χ2n) is 3.34. The van der Waals surface area contributed by atoms with Gasteiger partial charge in [0, 0.05) is 0 Å². The lowest BCUT2D eigenvalue weighted by Gasteiger charge is -2.15. The summed E-state index contributed by atoms with van der Waals surface area (Å²) in [5.74, 6) is -5.40. The molecular weight excluding hydrogens is 180 g/mol. The minimum absolute atomic E-state index is 0.0430. The number of alkyl halides is 2. The van der Waals surface area contributed by atoms with Crippen LogP contribution < -0.4 is 5.73 Å². The van der Waals surface area contributed by atoms with Gasteiger partial charge in [-0.3, -0.25) is 9.59 Å². The van der Waals surface area contributed by atoms with Gasteiger partial charge in [0.2, 0.25) is 5.78 Å². The minimum atomic E-state index is -3.94. The van der Waals surface area contributed by atoms with E-state index in [4.69, 9.17) is 5.73 Å². The zero-order chi connectivity index (χ0) is 10.6. The average Bonchev–Trinajstić information content (AvgIpc) is 2.01. The third-order valence-electron chi connectivity index (χ3n) is 1.54. The molecule has 1 unspecified atom stereocenters. The van der Waals surface area contributed by atoms with Gasteiger partial charge in [0.15, 0.2) is 6.29 Å². The van der Waals surface area contributed by atoms with Crippen LogP contribution in [0.15, 0.2) is 0 Å². The third kappa shape index (κ3) is 3.59. The molecule has 0 aliphatic rings. The highest BCUT2D eigenvalue weighted by Gasteiger charge is 2.41. The summed E-state index contributed by atoms with van der Waals surface area (Å²) in [5.41, 5.74) is 5.19. The number of halogens is 2. The van der Waals surface area contributed by atoms with Crippen molar-refractivity contribution in [2.24, 2.45) is 11.7 Å². The van der Waals surface area contributed by atoms with Crippen molar-refractivity contribution in [2.75, 3.05) is 0 Å². The molecular formula is C8H13F2NO2. The van der Waals surface area contributed by atoms with Gasteiger partial charge < -0.3 is 5.73 Å². The maximum atomic E-state index is 12.4. The first-order valence-corrected chi connectivity index (χ1v) is 3.95. The quantitative estimate of drug-likeness (QED) is 0.518. The Morgan fingerprint density at radius 2 is 2.00 bits per heavy atom. The van der Waals surface area contributed by atoms with Gasteiger partial charge in [0.25, 0.3) is 0 Å². The van der Waals surface area contributed by atoms with Crippen molar-refractivity contribution in [3.63, 3.8) is 0 Å². The van der Waals surface area contributed by atoms with Crippen molar-refractivity contribution in [3.05, 3.63) is 0 Å². The summed E-state index contributed by atoms with van der Waals surface area (Å²) in [5, 5.41) is 0. The van der Waals surface area contributed by atoms with E-state index in [-0.39, 0.29) is 12.3 Å². The normalized spacial score (nSPS) is 14.3. The molecule has 0 spiro atoms. The predicted octanol–water partition coefficient (Wildman–Crippen LogP) is 0.763. The molecule has 13 heavy (non-hydrogen) atoms. The van der Waals surface area contributed by atoms with E-state index >= 15 is 0 Å². The molecule has 76 valence electrons. The Labute approximate surface area is 75.3 Å². The number of aldehydes is 1. The zero-order valence-electron chi connectivity index (χ0n) is 7.59. The molecule has 0 aromatic rings. The molecule has 0 rings (SSSR count). The maximum Gasteiger partial charge on any atom is 0.361 e. The first kappa shape index (κ1) is 12.2. The van der Waals surface area contributed by atoms with Crippen LogP contribution in [0.4, 0.5) is 8.78 Å². The Morgan fingerprint density at radius 3 is 2.31 bits per heavy atom. The molecule has 0 bridgehead atoms. The van der Waals surface area contributed by atoms with E-state index in [1.807, 2.05) is 0 Å². The molecule has 2 N–H and O–H groups in total. The van der Waals surface area contributed by atoms with Crippen LogP contribution in [0.2, 0.25) is 0 Å². The van der Waals surface area contributed by atoms with Crippen LogP contribution in [-0.2, 0) is 9.59 Å². The smallest absolute Gasteiger partial charge is 0.321 e. The van der Waals surface area contributed by atoms with Crippen LogP contribution in [0.25, 0.3) is 0 Å². The summed E-state index contributed by atoms with van der Waals surface area (Å²) in [6.07, 6.45) is -0.516. The highest BCUT2D eigenvalue weighted by Crippen LogP contribution is 2.16. The number of nitrogens with two attached hydrogens (primary N) is 1. The molecule has 0 aliphatic heterocycles. The standard InChI is InChI=1S/C8H13F2NO2/c1-5(2)3-6(11)7(13)8(9,10)4-12/h4-6H,3,11H2,1-2H3. The number of carbonyl (C=O) groups is 2. The lowest BCUT2D eigenvalue weighted by Crippen LogP contribution is -2.44. The number of ketones is 1. The largest absolute Gasteiger partial charge is 0.361 e. The summed E-state index contributed by atoms with van der Waals surface area (Å²) in [7, 11) is 0. The van der Waals surface area contributed by atoms with Gasteiger partial charge in [-0.25, -0.2) is 0 Å². The van der Waals surface area contributed by atoms with Gasteiger partial charge in [0.1, 0.15) is 0 Å². The van der Waals surface area contributed by atoms with E-state index in [2.05, 4.69) is 0 Å². The monoisotopic (exact) mass is 193 g/mol. The highest BCUT2D eigenvalue weighted by atomic mass is 19.3. The molecule has 0 radical (unpaired) electrons. The fourth-order valence-electron chi connectivity index (χ4n) is 0.920. The van der Waals surface area contributed by atoms with E-state index in [1.165, 1.54) is 0 Å². The van der Waals surface area contributed by atoms with Crippen LogP contribution in [0, 0.1) is 5.92 Å². The second-order valence-corrected chi connectivity index (χ2v) is 3.34. The summed E-state index contributed by atoms with van der Waals surface area (Å²) < 4.78 is 24.9. The fourth-order valence-corrected chi connectivity index (χ4v) is 0.920. The van der Waals surface area contributed by atoms with Crippen LogP contribution in [0.1, 0.15) is 20.3 Å². The number of carbonyl (C=O) groups excluding carboxylic acids is 2. The van der Waals surface area contributed by atoms with Crippen molar-refractivity contribution in [1.29, 1.82) is 0 Å². The number of hydrogen-bond donors (Lipinski definition) is 1. The second kappa shape index (κ2) is 4.41. The van der Waals surface area contributed by atoms with Gasteiger partial charge in [-0.1, -0.05) is 13.8 Å². The molecule has 0 saturated carbocycles. The molecule has 3 nitrogen and oxygen atoms in total. The molecule has 0 amide bonds. The van der Waals surface area contributed by atoms with Crippen molar-refractivity contribution in [2.45, 2.75) is 32.2 Å². The summed E-state index contributed by atoms with van der Waals surface area (Å²) >= 11 is 0. The number of Topliss-reactive ketones (excluding diaryl/α,β-unsaturated/α-hetero) is 1. The van der Waals surface area contributed by atoms with E-state index in [9.17, 15) is 18.4 Å². The molecule has 0 aliphatic carbocycles. The molecule has 0 heterocycles. The van der Waals surface area contributed by atoms with Crippen LogP contribution in [0.3, 0.4) is 0 Å². The van der Waals surface area contributed by atoms with Crippen molar-refractivity contribution in [1.82, 2.24) is 0 Å². The van der Waals surface area contributed by atoms with Gasteiger partial charge in [-0.2, -0.15) is 8.78 Å². The highest BCUT2D eigenvalue weighted by molar-refractivity contribution is 6.02. The summed E-state index contributed by atoms with van der Waals surface area (Å²) in [6, 6.07) is -1.26. The summed E-state index contributed by atoms with van der Waals surface area (Å²) in [6.45, 7) is 3.51. The van der Waals surface area contributed by atoms with Crippen LogP contribution in [0.5, 0.6) is 0 Å². The average molecular weight is 193 g/mol. The van der Waals surface area contributed by atoms with E-state index in [0.29, 0.717) is 0 Å². The van der Waals surface area contributed by atoms with Gasteiger partial charge in [-0.05, 0) is 12.3 Å². The van der Waals surface area contributed by atoms with Crippen molar-refractivity contribution in [3.8, 4) is 0 Å². The first-order chi connectivity index (χ1) is 5.81. The lowest BCUT2D eigenvalue weighted by molar-refractivity contribution is -0.150. The lowest BCUT2D eigenvalue weighted by atomic mass is 9.98. The molecule has 5 heteroatoms. The predicted molar refractivity (Wildman–Crippen MR) is 43.4 cm³/mol. The molecule has 0 saturated heterocycles. The zero-order valence-corrected chi connectivity index (χ0v) is 7.59. The third-order valence-corrected chi connectivity index (χ3v) is 1.54. The van der Waals surface area contributed by atoms with Crippen LogP contribution >= 0.6 is 0 Å². The first-order valence-electron chi connectivity index (χ1n) is 3.95. The van der Waals surface area contributed by atoms with Gasteiger partial charge >= 0.3 is 5.92 Å². The topological polar surface area (TPSA) is 60.2 Å². The number of rotatable bonds is 5. The fraction of sp³-hybridized carbons (Fsp3) is 0.750. The van der Waals surface area contributed by atoms with Gasteiger partial charge in [0.05, 0.1) is 6.04 Å². The Hall–Kier alpha value is -0.840. The van der Waals surface area contributed by atoms with Gasteiger partial charge in [-0.15, -0.1) is 0 Å². The minimum Gasteiger partial charge on any atom is -0.321 e. The Balaban J connectivity index is 4.34. The molecule has 0 aromatic carbocycles. The van der Waals surface area contributed by atoms with E-state index < -0.39 is 24.0 Å². The molecule has 0 aromatic heterocycles. The Morgan fingerprint density at radius 1 is 1.54 bits per heavy atom.